The van der Waals surface area contributed by atoms with Crippen LogP contribution in [0.3, 0.4) is 0 Å². The van der Waals surface area contributed by atoms with Gasteiger partial charge < -0.3 is 19.5 Å². The van der Waals surface area contributed by atoms with Gasteiger partial charge in [-0.1, -0.05) is 17.7 Å². The van der Waals surface area contributed by atoms with Crippen LogP contribution in [0.5, 0.6) is 17.2 Å². The quantitative estimate of drug-likeness (QED) is 0.870. The zero-order valence-corrected chi connectivity index (χ0v) is 11.3. The number of hydrogen-bond donors (Lipinski definition) is 1. The highest BCUT2D eigenvalue weighted by molar-refractivity contribution is 6.30. The van der Waals surface area contributed by atoms with E-state index >= 15 is 0 Å². The minimum absolute atomic E-state index is 0.0816. The van der Waals surface area contributed by atoms with Crippen molar-refractivity contribution in [1.82, 2.24) is 0 Å². The van der Waals surface area contributed by atoms with Crippen molar-refractivity contribution in [3.05, 3.63) is 47.0 Å². The fraction of sp³-hybridized carbons (Fsp3) is 0.200. The molecule has 0 aromatic heterocycles. The highest BCUT2D eigenvalue weighted by atomic mass is 35.5. The van der Waals surface area contributed by atoms with Gasteiger partial charge in [-0.25, -0.2) is 0 Å². The molecule has 0 amide bonds. The first-order chi connectivity index (χ1) is 9.79. The molecule has 2 heterocycles. The fourth-order valence-corrected chi connectivity index (χ4v) is 2.61. The molecular formula is C15H12ClNO3. The van der Waals surface area contributed by atoms with Crippen molar-refractivity contribution in [2.45, 2.75) is 6.04 Å². The van der Waals surface area contributed by atoms with Gasteiger partial charge in [0.15, 0.2) is 11.5 Å². The Morgan fingerprint density at radius 2 is 1.85 bits per heavy atom. The van der Waals surface area contributed by atoms with E-state index in [4.69, 9.17) is 25.8 Å². The molecule has 0 bridgehead atoms. The van der Waals surface area contributed by atoms with E-state index in [1.807, 2.05) is 36.4 Å². The minimum Gasteiger partial charge on any atom is -0.489 e. The number of hydrogen-bond acceptors (Lipinski definition) is 4. The summed E-state index contributed by atoms with van der Waals surface area (Å²) in [5, 5.41) is 4.12. The van der Waals surface area contributed by atoms with Crippen molar-refractivity contribution in [1.29, 1.82) is 0 Å². The van der Waals surface area contributed by atoms with Gasteiger partial charge in [-0.05, 0) is 29.8 Å². The molecule has 20 heavy (non-hydrogen) atoms. The second kappa shape index (κ2) is 4.49. The Morgan fingerprint density at radius 3 is 2.80 bits per heavy atom. The molecule has 4 rings (SSSR count). The average Bonchev–Trinajstić information content (AvgIpc) is 2.94. The summed E-state index contributed by atoms with van der Waals surface area (Å²) in [5.74, 6) is 2.36. The first-order valence-electron chi connectivity index (χ1n) is 6.38. The lowest BCUT2D eigenvalue weighted by atomic mass is 10.0. The van der Waals surface area contributed by atoms with Crippen LogP contribution in [0, 0.1) is 0 Å². The summed E-state index contributed by atoms with van der Waals surface area (Å²) >= 11 is 5.96. The maximum absolute atomic E-state index is 5.96. The molecule has 2 aromatic carbocycles. The SMILES string of the molecule is Clc1ccc2c(c1)OCC(c1ccc3c(c1)OCO3)N2. The lowest BCUT2D eigenvalue weighted by Crippen LogP contribution is -2.23. The predicted molar refractivity (Wildman–Crippen MR) is 75.9 cm³/mol. The van der Waals surface area contributed by atoms with Gasteiger partial charge in [-0.2, -0.15) is 0 Å². The smallest absolute Gasteiger partial charge is 0.231 e. The Hall–Kier alpha value is -2.07. The summed E-state index contributed by atoms with van der Waals surface area (Å²) < 4.78 is 16.5. The van der Waals surface area contributed by atoms with Crippen LogP contribution in [0.1, 0.15) is 11.6 Å². The fourth-order valence-electron chi connectivity index (χ4n) is 2.45. The first-order valence-corrected chi connectivity index (χ1v) is 6.76. The standard InChI is InChI=1S/C15H12ClNO3/c16-10-2-3-11-14(6-10)18-7-12(17-11)9-1-4-13-15(5-9)20-8-19-13/h1-6,12,17H,7-8H2. The Bertz CT molecular complexity index is 674. The van der Waals surface area contributed by atoms with Crippen LogP contribution in [-0.2, 0) is 0 Å². The van der Waals surface area contributed by atoms with Crippen LogP contribution in [0.15, 0.2) is 36.4 Å². The molecule has 1 atom stereocenters. The normalized spacial score (nSPS) is 18.9. The van der Waals surface area contributed by atoms with E-state index in [1.54, 1.807) is 0 Å². The van der Waals surface area contributed by atoms with Gasteiger partial charge in [0.2, 0.25) is 6.79 Å². The summed E-state index contributed by atoms with van der Waals surface area (Å²) in [5.41, 5.74) is 2.05. The Kier molecular flexibility index (Phi) is 2.63. The number of ether oxygens (including phenoxy) is 3. The summed E-state index contributed by atoms with van der Waals surface area (Å²) in [6.07, 6.45) is 0. The highest BCUT2D eigenvalue weighted by Crippen LogP contribution is 2.39. The monoisotopic (exact) mass is 289 g/mol. The third-order valence-corrected chi connectivity index (χ3v) is 3.71. The molecule has 102 valence electrons. The van der Waals surface area contributed by atoms with E-state index in [0.29, 0.717) is 11.6 Å². The lowest BCUT2D eigenvalue weighted by Gasteiger charge is -2.28. The molecule has 0 saturated heterocycles. The van der Waals surface area contributed by atoms with E-state index in [2.05, 4.69) is 5.32 Å². The zero-order chi connectivity index (χ0) is 13.5. The molecular weight excluding hydrogens is 278 g/mol. The molecule has 2 aromatic rings. The van der Waals surface area contributed by atoms with Crippen LogP contribution >= 0.6 is 11.6 Å². The van der Waals surface area contributed by atoms with Crippen LogP contribution in [0.2, 0.25) is 5.02 Å². The third kappa shape index (κ3) is 1.93. The number of anilines is 1. The molecule has 0 aliphatic carbocycles. The number of benzene rings is 2. The summed E-state index contributed by atoms with van der Waals surface area (Å²) in [6, 6.07) is 11.6. The predicted octanol–water partition coefficient (Wildman–Crippen LogP) is 3.61. The number of halogens is 1. The van der Waals surface area contributed by atoms with Crippen LogP contribution < -0.4 is 19.5 Å². The maximum atomic E-state index is 5.96. The largest absolute Gasteiger partial charge is 0.489 e. The van der Waals surface area contributed by atoms with Crippen molar-refractivity contribution in [2.24, 2.45) is 0 Å². The second-order valence-corrected chi connectivity index (χ2v) is 5.20. The first kappa shape index (κ1) is 11.7. The molecule has 2 aliphatic heterocycles. The van der Waals surface area contributed by atoms with Gasteiger partial charge >= 0.3 is 0 Å². The van der Waals surface area contributed by atoms with Gasteiger partial charge in [0.05, 0.1) is 11.7 Å². The Balaban J connectivity index is 1.63. The zero-order valence-electron chi connectivity index (χ0n) is 10.6. The summed E-state index contributed by atoms with van der Waals surface area (Å²) in [4.78, 5) is 0. The van der Waals surface area contributed by atoms with Crippen molar-refractivity contribution in [3.8, 4) is 17.2 Å². The van der Waals surface area contributed by atoms with Gasteiger partial charge in [0.1, 0.15) is 12.4 Å². The average molecular weight is 290 g/mol. The second-order valence-electron chi connectivity index (χ2n) is 4.76. The number of rotatable bonds is 1. The molecule has 0 fully saturated rings. The van der Waals surface area contributed by atoms with Crippen LogP contribution in [0.25, 0.3) is 0 Å². The molecule has 0 radical (unpaired) electrons. The van der Waals surface area contributed by atoms with Crippen molar-refractivity contribution < 1.29 is 14.2 Å². The van der Waals surface area contributed by atoms with E-state index in [1.165, 1.54) is 0 Å². The Morgan fingerprint density at radius 1 is 0.950 bits per heavy atom. The maximum Gasteiger partial charge on any atom is 0.231 e. The van der Waals surface area contributed by atoms with Gasteiger partial charge in [-0.3, -0.25) is 0 Å². The highest BCUT2D eigenvalue weighted by Gasteiger charge is 2.23. The molecule has 4 nitrogen and oxygen atoms in total. The Labute approximate surface area is 121 Å². The summed E-state index contributed by atoms with van der Waals surface area (Å²) in [6.45, 7) is 0.835. The van der Waals surface area contributed by atoms with E-state index in [-0.39, 0.29) is 12.8 Å². The molecule has 1 unspecified atom stereocenters. The van der Waals surface area contributed by atoms with Crippen molar-refractivity contribution in [3.63, 3.8) is 0 Å². The topological polar surface area (TPSA) is 39.7 Å². The molecule has 1 N–H and O–H groups in total. The number of fused-ring (bicyclic) bond motifs is 2. The lowest BCUT2D eigenvalue weighted by molar-refractivity contribution is 0.174. The third-order valence-electron chi connectivity index (χ3n) is 3.48. The van der Waals surface area contributed by atoms with E-state index < -0.39 is 0 Å². The van der Waals surface area contributed by atoms with Crippen molar-refractivity contribution in [2.75, 3.05) is 18.7 Å². The van der Waals surface area contributed by atoms with Crippen LogP contribution in [0.4, 0.5) is 5.69 Å². The van der Waals surface area contributed by atoms with E-state index in [9.17, 15) is 0 Å². The molecule has 0 saturated carbocycles. The van der Waals surface area contributed by atoms with Crippen molar-refractivity contribution >= 4 is 17.3 Å². The van der Waals surface area contributed by atoms with E-state index in [0.717, 1.165) is 28.5 Å². The van der Waals surface area contributed by atoms with Gasteiger partial charge in [0, 0.05) is 11.1 Å². The molecule has 5 heteroatoms. The molecule has 2 aliphatic rings. The van der Waals surface area contributed by atoms with Crippen LogP contribution in [-0.4, -0.2) is 13.4 Å². The number of nitrogens with one attached hydrogen (secondary N) is 1. The summed E-state index contributed by atoms with van der Waals surface area (Å²) in [7, 11) is 0. The minimum atomic E-state index is 0.0816. The van der Waals surface area contributed by atoms with Gasteiger partial charge in [0.25, 0.3) is 0 Å². The molecule has 0 spiro atoms. The van der Waals surface area contributed by atoms with Gasteiger partial charge in [-0.15, -0.1) is 0 Å².